The van der Waals surface area contributed by atoms with Crippen molar-refractivity contribution in [2.24, 2.45) is 22.6 Å². The van der Waals surface area contributed by atoms with Gasteiger partial charge in [-0.15, -0.1) is 0 Å². The number of aliphatic imine (C=N–C) groups is 1. The zero-order valence-electron chi connectivity index (χ0n) is 13.4. The van der Waals surface area contributed by atoms with Crippen LogP contribution in [0, 0.1) is 11.8 Å². The average molecular weight is 289 g/mol. The molecule has 1 heterocycles. The first-order valence-electron chi connectivity index (χ1n) is 9.38. The summed E-state index contributed by atoms with van der Waals surface area (Å²) in [5.74, 6) is 2.88. The van der Waals surface area contributed by atoms with Gasteiger partial charge in [0, 0.05) is 6.04 Å². The van der Waals surface area contributed by atoms with Crippen molar-refractivity contribution in [1.29, 1.82) is 0 Å². The highest BCUT2D eigenvalue weighted by Crippen LogP contribution is 2.50. The van der Waals surface area contributed by atoms with Gasteiger partial charge in [0.25, 0.3) is 0 Å². The largest absolute Gasteiger partial charge is 0.370 e. The summed E-state index contributed by atoms with van der Waals surface area (Å²) in [7, 11) is 0. The summed E-state index contributed by atoms with van der Waals surface area (Å²) in [6, 6.07) is 0.678. The molecule has 0 radical (unpaired) electrons. The van der Waals surface area contributed by atoms with Gasteiger partial charge in [0.05, 0.1) is 12.1 Å². The number of nitrogens with two attached hydrogens (primary N) is 1. The number of guanidine groups is 1. The maximum atomic E-state index is 6.38. The molecule has 2 atom stereocenters. The third-order valence-corrected chi connectivity index (χ3v) is 6.63. The van der Waals surface area contributed by atoms with Gasteiger partial charge in [-0.1, -0.05) is 38.5 Å². The lowest BCUT2D eigenvalue weighted by Gasteiger charge is -2.48. The maximum absolute atomic E-state index is 6.38. The molecule has 0 amide bonds. The molecule has 3 aliphatic carbocycles. The smallest absolute Gasteiger partial charge is 0.192 e. The van der Waals surface area contributed by atoms with Crippen LogP contribution >= 0.6 is 0 Å². The van der Waals surface area contributed by atoms with E-state index >= 15 is 0 Å². The van der Waals surface area contributed by atoms with E-state index in [9.17, 15) is 0 Å². The van der Waals surface area contributed by atoms with Crippen LogP contribution in [0.1, 0.15) is 77.0 Å². The standard InChI is InChI=1S/C18H31N3/c19-17-20-13-18(11-5-6-15(12-18)14-9-10-14)21(17)16-7-3-1-2-4-8-16/h14-16H,1-13H2,(H2,19,20). The highest BCUT2D eigenvalue weighted by molar-refractivity contribution is 5.81. The lowest BCUT2D eigenvalue weighted by atomic mass is 9.72. The summed E-state index contributed by atoms with van der Waals surface area (Å²) < 4.78 is 0. The highest BCUT2D eigenvalue weighted by atomic mass is 15.4. The normalized spacial score (nSPS) is 38.6. The highest BCUT2D eigenvalue weighted by Gasteiger charge is 2.50. The second-order valence-corrected chi connectivity index (χ2v) is 8.11. The van der Waals surface area contributed by atoms with Crippen molar-refractivity contribution in [2.75, 3.05) is 6.54 Å². The van der Waals surface area contributed by atoms with Crippen LogP contribution in [0.2, 0.25) is 0 Å². The number of nitrogens with zero attached hydrogens (tertiary/aromatic N) is 2. The molecule has 1 spiro atoms. The van der Waals surface area contributed by atoms with E-state index in [0.29, 0.717) is 11.6 Å². The Balaban J connectivity index is 1.55. The Labute approximate surface area is 129 Å². The van der Waals surface area contributed by atoms with Gasteiger partial charge in [-0.25, -0.2) is 0 Å². The molecule has 0 aromatic carbocycles. The van der Waals surface area contributed by atoms with E-state index in [0.717, 1.165) is 24.3 Å². The Bertz CT molecular complexity index is 407. The van der Waals surface area contributed by atoms with E-state index in [1.165, 1.54) is 77.0 Å². The van der Waals surface area contributed by atoms with Gasteiger partial charge < -0.3 is 10.6 Å². The molecule has 3 saturated carbocycles. The lowest BCUT2D eigenvalue weighted by molar-refractivity contribution is 0.0644. The van der Waals surface area contributed by atoms with Crippen LogP contribution in [-0.2, 0) is 0 Å². The van der Waals surface area contributed by atoms with Crippen LogP contribution in [-0.4, -0.2) is 29.0 Å². The fourth-order valence-corrected chi connectivity index (χ4v) is 5.43. The minimum Gasteiger partial charge on any atom is -0.370 e. The summed E-state index contributed by atoms with van der Waals surface area (Å²) in [5, 5.41) is 0. The summed E-state index contributed by atoms with van der Waals surface area (Å²) in [5.41, 5.74) is 6.69. The van der Waals surface area contributed by atoms with E-state index in [4.69, 9.17) is 10.7 Å². The Morgan fingerprint density at radius 1 is 0.905 bits per heavy atom. The van der Waals surface area contributed by atoms with Crippen molar-refractivity contribution < 1.29 is 0 Å². The molecule has 0 aromatic rings. The monoisotopic (exact) mass is 289 g/mol. The van der Waals surface area contributed by atoms with Crippen LogP contribution in [0.25, 0.3) is 0 Å². The molecule has 3 fully saturated rings. The molecule has 0 saturated heterocycles. The fourth-order valence-electron chi connectivity index (χ4n) is 5.43. The molecule has 2 N–H and O–H groups in total. The molecular formula is C18H31N3. The molecule has 4 rings (SSSR count). The topological polar surface area (TPSA) is 41.6 Å². The van der Waals surface area contributed by atoms with Gasteiger partial charge in [-0.05, 0) is 50.4 Å². The lowest BCUT2D eigenvalue weighted by Crippen LogP contribution is -2.58. The first-order chi connectivity index (χ1) is 10.3. The molecule has 2 unspecified atom stereocenters. The molecule has 3 heteroatoms. The van der Waals surface area contributed by atoms with E-state index < -0.39 is 0 Å². The third kappa shape index (κ3) is 2.57. The van der Waals surface area contributed by atoms with Gasteiger partial charge in [0.15, 0.2) is 5.96 Å². The van der Waals surface area contributed by atoms with Crippen molar-refractivity contribution in [3.05, 3.63) is 0 Å². The number of hydrogen-bond donors (Lipinski definition) is 1. The first kappa shape index (κ1) is 13.9. The van der Waals surface area contributed by atoms with Crippen LogP contribution in [0.4, 0.5) is 0 Å². The SMILES string of the molecule is NC1=NCC2(CCCC(C3CC3)C2)N1C1CCCCCC1. The zero-order valence-corrected chi connectivity index (χ0v) is 13.4. The van der Waals surface area contributed by atoms with E-state index in [1.54, 1.807) is 0 Å². The molecule has 0 aromatic heterocycles. The number of rotatable bonds is 2. The Morgan fingerprint density at radius 2 is 1.67 bits per heavy atom. The van der Waals surface area contributed by atoms with E-state index in [1.807, 2.05) is 0 Å². The van der Waals surface area contributed by atoms with Crippen LogP contribution < -0.4 is 5.73 Å². The van der Waals surface area contributed by atoms with Crippen molar-refractivity contribution in [1.82, 2.24) is 4.90 Å². The number of hydrogen-bond acceptors (Lipinski definition) is 3. The Hall–Kier alpha value is -0.730. The molecule has 118 valence electrons. The first-order valence-corrected chi connectivity index (χ1v) is 9.38. The van der Waals surface area contributed by atoms with Crippen LogP contribution in [0.5, 0.6) is 0 Å². The van der Waals surface area contributed by atoms with Crippen LogP contribution in [0.15, 0.2) is 4.99 Å². The summed E-state index contributed by atoms with van der Waals surface area (Å²) in [4.78, 5) is 7.37. The third-order valence-electron chi connectivity index (χ3n) is 6.63. The van der Waals surface area contributed by atoms with Gasteiger partial charge in [0.2, 0.25) is 0 Å². The molecule has 3 nitrogen and oxygen atoms in total. The molecule has 21 heavy (non-hydrogen) atoms. The Kier molecular flexibility index (Phi) is 3.63. The second-order valence-electron chi connectivity index (χ2n) is 8.11. The van der Waals surface area contributed by atoms with E-state index in [2.05, 4.69) is 4.90 Å². The molecule has 4 aliphatic rings. The van der Waals surface area contributed by atoms with Gasteiger partial charge in [-0.3, -0.25) is 4.99 Å². The van der Waals surface area contributed by atoms with Crippen molar-refractivity contribution >= 4 is 5.96 Å². The zero-order chi connectivity index (χ0) is 14.3. The average Bonchev–Trinajstić information content (AvgIpc) is 3.31. The van der Waals surface area contributed by atoms with E-state index in [-0.39, 0.29) is 0 Å². The predicted molar refractivity (Wildman–Crippen MR) is 87.2 cm³/mol. The quantitative estimate of drug-likeness (QED) is 0.788. The predicted octanol–water partition coefficient (Wildman–Crippen LogP) is 3.68. The minimum absolute atomic E-state index is 0.310. The minimum atomic E-state index is 0.310. The molecule has 1 aliphatic heterocycles. The van der Waals surface area contributed by atoms with Crippen molar-refractivity contribution in [2.45, 2.75) is 88.6 Å². The summed E-state index contributed by atoms with van der Waals surface area (Å²) in [6.45, 7) is 0.985. The molecule has 0 bridgehead atoms. The summed E-state index contributed by atoms with van der Waals surface area (Å²) in [6.07, 6.45) is 16.8. The van der Waals surface area contributed by atoms with Crippen molar-refractivity contribution in [3.8, 4) is 0 Å². The second kappa shape index (κ2) is 5.48. The maximum Gasteiger partial charge on any atom is 0.192 e. The van der Waals surface area contributed by atoms with Crippen molar-refractivity contribution in [3.63, 3.8) is 0 Å². The molecular weight excluding hydrogens is 258 g/mol. The Morgan fingerprint density at radius 3 is 2.38 bits per heavy atom. The van der Waals surface area contributed by atoms with Gasteiger partial charge in [0.1, 0.15) is 0 Å². The fraction of sp³-hybridized carbons (Fsp3) is 0.944. The van der Waals surface area contributed by atoms with Gasteiger partial charge in [-0.2, -0.15) is 0 Å². The van der Waals surface area contributed by atoms with Gasteiger partial charge >= 0.3 is 0 Å². The van der Waals surface area contributed by atoms with Crippen LogP contribution in [0.3, 0.4) is 0 Å². The summed E-state index contributed by atoms with van der Waals surface area (Å²) >= 11 is 0.